The van der Waals surface area contributed by atoms with E-state index in [9.17, 15) is 18.0 Å². The Kier molecular flexibility index (Phi) is 4.52. The lowest BCUT2D eigenvalue weighted by Crippen LogP contribution is -2.28. The first-order valence-corrected chi connectivity index (χ1v) is 5.79. The van der Waals surface area contributed by atoms with Crippen LogP contribution in [0.3, 0.4) is 0 Å². The van der Waals surface area contributed by atoms with Crippen molar-refractivity contribution in [3.05, 3.63) is 23.8 Å². The first kappa shape index (κ1) is 16.1. The van der Waals surface area contributed by atoms with Crippen LogP contribution in [-0.2, 0) is 10.9 Å². The Balaban J connectivity index is 3.12. The highest BCUT2D eigenvalue weighted by Crippen LogP contribution is 2.39. The largest absolute Gasteiger partial charge is 0.495 e. The molecule has 0 aliphatic heterocycles. The van der Waals surface area contributed by atoms with Crippen LogP contribution in [0.4, 0.5) is 23.7 Å². The minimum Gasteiger partial charge on any atom is -0.495 e. The molecule has 0 saturated carbocycles. The van der Waals surface area contributed by atoms with Gasteiger partial charge in [-0.2, -0.15) is 13.2 Å². The summed E-state index contributed by atoms with van der Waals surface area (Å²) in [6.45, 7) is 4.83. The van der Waals surface area contributed by atoms with Gasteiger partial charge in [-0.05, 0) is 32.9 Å². The molecule has 112 valence electrons. The number of alkyl halides is 3. The number of ether oxygens (including phenoxy) is 2. The Bertz CT molecular complexity index is 493. The fourth-order valence-corrected chi connectivity index (χ4v) is 1.47. The van der Waals surface area contributed by atoms with E-state index in [1.807, 2.05) is 0 Å². The number of nitrogens with one attached hydrogen (secondary N) is 1. The summed E-state index contributed by atoms with van der Waals surface area (Å²) in [4.78, 5) is 11.6. The van der Waals surface area contributed by atoms with Gasteiger partial charge >= 0.3 is 12.3 Å². The van der Waals surface area contributed by atoms with Crippen LogP contribution in [0.1, 0.15) is 26.3 Å². The third-order valence-electron chi connectivity index (χ3n) is 2.18. The fourth-order valence-electron chi connectivity index (χ4n) is 1.47. The minimum atomic E-state index is -4.61. The highest BCUT2D eigenvalue weighted by Gasteiger charge is 2.35. The molecule has 0 saturated heterocycles. The maximum absolute atomic E-state index is 12.9. The van der Waals surface area contributed by atoms with Gasteiger partial charge in [0.25, 0.3) is 0 Å². The van der Waals surface area contributed by atoms with Gasteiger partial charge in [-0.25, -0.2) is 4.79 Å². The predicted molar refractivity (Wildman–Crippen MR) is 67.9 cm³/mol. The van der Waals surface area contributed by atoms with E-state index in [2.05, 4.69) is 5.32 Å². The second-order valence-electron chi connectivity index (χ2n) is 5.01. The molecule has 1 amide bonds. The van der Waals surface area contributed by atoms with Gasteiger partial charge in [0.2, 0.25) is 0 Å². The van der Waals surface area contributed by atoms with Crippen LogP contribution in [0.15, 0.2) is 18.2 Å². The second-order valence-corrected chi connectivity index (χ2v) is 5.01. The summed E-state index contributed by atoms with van der Waals surface area (Å²) in [5, 5.41) is 2.09. The van der Waals surface area contributed by atoms with Gasteiger partial charge in [0, 0.05) is 0 Å². The smallest absolute Gasteiger partial charge is 0.418 e. The molecule has 1 N–H and O–H groups in total. The molecule has 0 fully saturated rings. The fraction of sp³-hybridized carbons (Fsp3) is 0.462. The van der Waals surface area contributed by atoms with Gasteiger partial charge in [-0.15, -0.1) is 0 Å². The highest BCUT2D eigenvalue weighted by molar-refractivity contribution is 5.88. The summed E-state index contributed by atoms with van der Waals surface area (Å²) in [6, 6.07) is 3.37. The second kappa shape index (κ2) is 5.60. The number of para-hydroxylation sites is 1. The first-order valence-electron chi connectivity index (χ1n) is 5.79. The van der Waals surface area contributed by atoms with Crippen molar-refractivity contribution in [1.29, 1.82) is 0 Å². The van der Waals surface area contributed by atoms with Crippen molar-refractivity contribution < 1.29 is 27.4 Å². The third kappa shape index (κ3) is 4.32. The van der Waals surface area contributed by atoms with Gasteiger partial charge in [-0.1, -0.05) is 6.07 Å². The molecule has 0 spiro atoms. The summed E-state index contributed by atoms with van der Waals surface area (Å²) in [6.07, 6.45) is -5.59. The number of anilines is 1. The molecule has 0 aromatic heterocycles. The number of halogens is 3. The molecule has 1 rings (SSSR count). The molecular weight excluding hydrogens is 275 g/mol. The summed E-state index contributed by atoms with van der Waals surface area (Å²) in [5.41, 5.74) is -2.27. The lowest BCUT2D eigenvalue weighted by Gasteiger charge is -2.21. The van der Waals surface area contributed by atoms with Gasteiger partial charge in [0.1, 0.15) is 11.4 Å². The molecule has 7 heteroatoms. The average Bonchev–Trinajstić information content (AvgIpc) is 2.25. The van der Waals surface area contributed by atoms with Crippen LogP contribution < -0.4 is 10.1 Å². The highest BCUT2D eigenvalue weighted by atomic mass is 19.4. The van der Waals surface area contributed by atoms with Gasteiger partial charge in [0.15, 0.2) is 0 Å². The van der Waals surface area contributed by atoms with E-state index in [-0.39, 0.29) is 5.75 Å². The number of benzene rings is 1. The van der Waals surface area contributed by atoms with Crippen molar-refractivity contribution in [2.75, 3.05) is 12.4 Å². The Morgan fingerprint density at radius 2 is 1.80 bits per heavy atom. The van der Waals surface area contributed by atoms with Crippen LogP contribution in [0.2, 0.25) is 0 Å². The van der Waals surface area contributed by atoms with Crippen LogP contribution in [0.25, 0.3) is 0 Å². The lowest BCUT2D eigenvalue weighted by atomic mass is 10.1. The molecule has 0 bridgehead atoms. The molecule has 0 aliphatic rings. The number of carbonyl (C=O) groups excluding carboxylic acids is 1. The van der Waals surface area contributed by atoms with Crippen LogP contribution in [0.5, 0.6) is 5.75 Å². The molecule has 0 atom stereocenters. The number of carbonyl (C=O) groups is 1. The van der Waals surface area contributed by atoms with E-state index in [1.54, 1.807) is 20.8 Å². The first-order chi connectivity index (χ1) is 9.04. The van der Waals surface area contributed by atoms with E-state index < -0.39 is 29.1 Å². The average molecular weight is 291 g/mol. The normalized spacial score (nSPS) is 11.9. The molecule has 1 aromatic rings. The van der Waals surface area contributed by atoms with Crippen molar-refractivity contribution in [2.45, 2.75) is 32.5 Å². The van der Waals surface area contributed by atoms with Gasteiger partial charge in [0.05, 0.1) is 18.4 Å². The molecule has 0 aliphatic carbocycles. The van der Waals surface area contributed by atoms with Crippen molar-refractivity contribution in [3.8, 4) is 5.75 Å². The molecular formula is C13H16F3NO3. The van der Waals surface area contributed by atoms with Crippen LogP contribution in [-0.4, -0.2) is 18.8 Å². The standard InChI is InChI=1S/C13H16F3NO3/c1-12(2,3)20-11(18)17-10-8(13(14,15)16)6-5-7-9(10)19-4/h5-7H,1-4H3,(H,17,18). The SMILES string of the molecule is COc1cccc(C(F)(F)F)c1NC(=O)OC(C)(C)C. The summed E-state index contributed by atoms with van der Waals surface area (Å²) < 4.78 is 48.5. The van der Waals surface area contributed by atoms with E-state index >= 15 is 0 Å². The molecule has 4 nitrogen and oxygen atoms in total. The van der Waals surface area contributed by atoms with Crippen molar-refractivity contribution in [3.63, 3.8) is 0 Å². The predicted octanol–water partition coefficient (Wildman–Crippen LogP) is 4.06. The molecule has 0 radical (unpaired) electrons. The molecule has 1 aromatic carbocycles. The molecule has 0 unspecified atom stereocenters. The summed E-state index contributed by atoms with van der Waals surface area (Å²) in [5.74, 6) is -0.0920. The minimum absolute atomic E-state index is 0.0920. The zero-order valence-corrected chi connectivity index (χ0v) is 11.6. The maximum Gasteiger partial charge on any atom is 0.418 e. The zero-order valence-electron chi connectivity index (χ0n) is 11.6. The summed E-state index contributed by atoms with van der Waals surface area (Å²) in [7, 11) is 1.22. The monoisotopic (exact) mass is 291 g/mol. The van der Waals surface area contributed by atoms with Gasteiger partial charge < -0.3 is 9.47 Å². The van der Waals surface area contributed by atoms with E-state index in [0.717, 1.165) is 6.07 Å². The quantitative estimate of drug-likeness (QED) is 0.893. The van der Waals surface area contributed by atoms with E-state index in [1.165, 1.54) is 19.2 Å². The van der Waals surface area contributed by atoms with Crippen molar-refractivity contribution in [1.82, 2.24) is 0 Å². The lowest BCUT2D eigenvalue weighted by molar-refractivity contribution is -0.137. The number of amides is 1. The Labute approximate surface area is 114 Å². The zero-order chi connectivity index (χ0) is 15.6. The number of hydrogen-bond acceptors (Lipinski definition) is 3. The number of hydrogen-bond donors (Lipinski definition) is 1. The van der Waals surface area contributed by atoms with Crippen LogP contribution >= 0.6 is 0 Å². The topological polar surface area (TPSA) is 47.6 Å². The number of methoxy groups -OCH3 is 1. The Morgan fingerprint density at radius 3 is 2.25 bits per heavy atom. The van der Waals surface area contributed by atoms with E-state index in [0.29, 0.717) is 0 Å². The Morgan fingerprint density at radius 1 is 1.20 bits per heavy atom. The van der Waals surface area contributed by atoms with Crippen LogP contribution in [0, 0.1) is 0 Å². The number of rotatable bonds is 2. The van der Waals surface area contributed by atoms with Crippen molar-refractivity contribution in [2.24, 2.45) is 0 Å². The van der Waals surface area contributed by atoms with Gasteiger partial charge in [-0.3, -0.25) is 5.32 Å². The third-order valence-corrected chi connectivity index (χ3v) is 2.18. The summed E-state index contributed by atoms with van der Waals surface area (Å²) >= 11 is 0. The van der Waals surface area contributed by atoms with Crippen molar-refractivity contribution >= 4 is 11.8 Å². The molecule has 20 heavy (non-hydrogen) atoms. The maximum atomic E-state index is 12.9. The Hall–Kier alpha value is -1.92. The molecule has 0 heterocycles. The van der Waals surface area contributed by atoms with E-state index in [4.69, 9.17) is 9.47 Å².